The number of hydrogen-bond donors (Lipinski definition) is 0. The molecule has 92 valence electrons. The van der Waals surface area contributed by atoms with Crippen molar-refractivity contribution in [3.63, 3.8) is 0 Å². The summed E-state index contributed by atoms with van der Waals surface area (Å²) in [6.45, 7) is 14.6. The zero-order chi connectivity index (χ0) is 12.8. The summed E-state index contributed by atoms with van der Waals surface area (Å²) in [5.41, 5.74) is 5.99. The van der Waals surface area contributed by atoms with Gasteiger partial charge in [-0.2, -0.15) is 0 Å². The second kappa shape index (κ2) is 3.69. The third-order valence-corrected chi connectivity index (χ3v) is 3.39. The van der Waals surface area contributed by atoms with Crippen molar-refractivity contribution in [3.8, 4) is 0 Å². The zero-order valence-corrected chi connectivity index (χ0v) is 11.9. The Bertz CT molecular complexity index is 468. The van der Waals surface area contributed by atoms with Crippen molar-refractivity contribution < 1.29 is 0 Å². The lowest BCUT2D eigenvalue weighted by Gasteiger charge is -2.31. The van der Waals surface area contributed by atoms with Crippen molar-refractivity contribution in [2.45, 2.75) is 58.9 Å². The van der Waals surface area contributed by atoms with Gasteiger partial charge in [0.15, 0.2) is 0 Å². The Morgan fingerprint density at radius 3 is 1.94 bits per heavy atom. The molecule has 1 heterocycles. The molecule has 0 N–H and O–H groups in total. The average Bonchev–Trinajstić information content (AvgIpc) is 2.59. The van der Waals surface area contributed by atoms with Crippen molar-refractivity contribution in [1.29, 1.82) is 0 Å². The fourth-order valence-corrected chi connectivity index (χ4v) is 2.40. The van der Waals surface area contributed by atoms with Crippen LogP contribution in [-0.4, -0.2) is 6.21 Å². The van der Waals surface area contributed by atoms with Crippen molar-refractivity contribution in [3.05, 3.63) is 34.4 Å². The summed E-state index contributed by atoms with van der Waals surface area (Å²) in [7, 11) is 0. The molecule has 1 aliphatic heterocycles. The number of hydrogen-bond acceptors (Lipinski definition) is 1. The minimum absolute atomic E-state index is 0.189. The first-order valence-corrected chi connectivity index (χ1v) is 6.37. The van der Waals surface area contributed by atoms with Gasteiger partial charge in [0, 0.05) is 6.21 Å². The summed E-state index contributed by atoms with van der Waals surface area (Å²) in [6.07, 6.45) is 2.01. The molecule has 1 aliphatic rings. The summed E-state index contributed by atoms with van der Waals surface area (Å²) in [5, 5.41) is 0. The molecule has 0 aliphatic carbocycles. The van der Waals surface area contributed by atoms with Crippen LogP contribution in [0.1, 0.15) is 63.8 Å². The van der Waals surface area contributed by atoms with Gasteiger partial charge in [-0.05, 0) is 39.2 Å². The van der Waals surface area contributed by atoms with E-state index in [-0.39, 0.29) is 10.8 Å². The van der Waals surface area contributed by atoms with E-state index in [2.05, 4.69) is 58.7 Å². The molecule has 0 atom stereocenters. The van der Waals surface area contributed by atoms with Gasteiger partial charge >= 0.3 is 0 Å². The van der Waals surface area contributed by atoms with Crippen LogP contribution in [0.15, 0.2) is 17.1 Å². The van der Waals surface area contributed by atoms with E-state index in [1.54, 1.807) is 0 Å². The molecular weight excluding hydrogens is 206 g/mol. The van der Waals surface area contributed by atoms with Crippen LogP contribution >= 0.6 is 0 Å². The van der Waals surface area contributed by atoms with Crippen LogP contribution in [0.4, 0.5) is 0 Å². The molecule has 1 heteroatoms. The van der Waals surface area contributed by atoms with Crippen molar-refractivity contribution in [1.82, 2.24) is 0 Å². The van der Waals surface area contributed by atoms with Gasteiger partial charge in [-0.3, -0.25) is 4.99 Å². The summed E-state index contributed by atoms with van der Waals surface area (Å²) in [4.78, 5) is 4.37. The van der Waals surface area contributed by atoms with E-state index in [0.29, 0.717) is 0 Å². The topological polar surface area (TPSA) is 12.4 Å². The highest BCUT2D eigenvalue weighted by Gasteiger charge is 2.26. The summed E-state index contributed by atoms with van der Waals surface area (Å²) >= 11 is 0. The largest absolute Gasteiger partial charge is 0.288 e. The van der Waals surface area contributed by atoms with Crippen LogP contribution in [0, 0.1) is 0 Å². The molecule has 0 fully saturated rings. The Morgan fingerprint density at radius 2 is 1.41 bits per heavy atom. The highest BCUT2D eigenvalue weighted by atomic mass is 14.7. The van der Waals surface area contributed by atoms with Crippen molar-refractivity contribution in [2.75, 3.05) is 0 Å². The fraction of sp³-hybridized carbons (Fsp3) is 0.562. The molecule has 0 unspecified atom stereocenters. The molecule has 0 aromatic heterocycles. The minimum Gasteiger partial charge on any atom is -0.288 e. The first kappa shape index (κ1) is 12.3. The van der Waals surface area contributed by atoms with Crippen LogP contribution in [0.2, 0.25) is 0 Å². The van der Waals surface area contributed by atoms with Crippen LogP contribution in [0.25, 0.3) is 0 Å². The predicted octanol–water partition coefficient (Wildman–Crippen LogP) is 4.21. The maximum atomic E-state index is 4.37. The molecule has 0 bridgehead atoms. The maximum absolute atomic E-state index is 4.37. The highest BCUT2D eigenvalue weighted by molar-refractivity contribution is 5.85. The average molecular weight is 229 g/mol. The lowest BCUT2D eigenvalue weighted by molar-refractivity contribution is 0.529. The van der Waals surface area contributed by atoms with E-state index in [1.165, 1.54) is 22.3 Å². The Hall–Kier alpha value is -1.11. The second-order valence-corrected chi connectivity index (χ2v) is 7.07. The molecule has 0 spiro atoms. The molecular formula is C16H23N. The highest BCUT2D eigenvalue weighted by Crippen LogP contribution is 2.36. The minimum atomic E-state index is 0.189. The molecule has 17 heavy (non-hydrogen) atoms. The Labute approximate surface area is 105 Å². The summed E-state index contributed by atoms with van der Waals surface area (Å²) < 4.78 is 0. The van der Waals surface area contributed by atoms with Gasteiger partial charge in [-0.15, -0.1) is 0 Å². The fourth-order valence-electron chi connectivity index (χ4n) is 2.40. The summed E-state index contributed by atoms with van der Waals surface area (Å²) in [5.74, 6) is 0. The molecule has 1 aromatic carbocycles. The van der Waals surface area contributed by atoms with Crippen molar-refractivity contribution in [2.24, 2.45) is 4.99 Å². The molecule has 0 saturated carbocycles. The smallest absolute Gasteiger partial charge is 0.0646 e. The molecule has 0 amide bonds. The normalized spacial score (nSPS) is 15.2. The number of nitrogens with zero attached hydrogens (tertiary/aromatic N) is 1. The molecule has 2 rings (SSSR count). The van der Waals surface area contributed by atoms with Gasteiger partial charge in [-0.25, -0.2) is 0 Å². The van der Waals surface area contributed by atoms with Crippen LogP contribution in [0.5, 0.6) is 0 Å². The van der Waals surface area contributed by atoms with Gasteiger partial charge in [-0.1, -0.05) is 47.6 Å². The molecule has 0 saturated heterocycles. The van der Waals surface area contributed by atoms with Crippen LogP contribution in [0.3, 0.4) is 0 Å². The molecule has 0 radical (unpaired) electrons. The number of benzene rings is 1. The Morgan fingerprint density at radius 1 is 0.882 bits per heavy atom. The molecule has 1 aromatic rings. The summed E-state index contributed by atoms with van der Waals surface area (Å²) in [6, 6.07) is 4.70. The Kier molecular flexibility index (Phi) is 2.68. The van der Waals surface area contributed by atoms with Gasteiger partial charge < -0.3 is 0 Å². The predicted molar refractivity (Wildman–Crippen MR) is 75.1 cm³/mol. The number of aliphatic imine (C=N–C) groups is 1. The quantitative estimate of drug-likeness (QED) is 0.632. The number of fused-ring (bicyclic) bond motifs is 1. The first-order valence-electron chi connectivity index (χ1n) is 6.37. The second-order valence-electron chi connectivity index (χ2n) is 7.07. The van der Waals surface area contributed by atoms with Gasteiger partial charge in [0.25, 0.3) is 0 Å². The number of rotatable bonds is 0. The van der Waals surface area contributed by atoms with E-state index in [1.807, 2.05) is 6.21 Å². The van der Waals surface area contributed by atoms with Gasteiger partial charge in [0.05, 0.1) is 6.54 Å². The first-order chi connectivity index (χ1) is 7.69. The Balaban J connectivity index is 2.67. The van der Waals surface area contributed by atoms with E-state index in [9.17, 15) is 0 Å². The van der Waals surface area contributed by atoms with Gasteiger partial charge in [0.2, 0.25) is 0 Å². The van der Waals surface area contributed by atoms with E-state index in [4.69, 9.17) is 0 Å². The third kappa shape index (κ3) is 2.29. The standard InChI is InChI=1S/C16H23N/c1-15(2,3)13-7-11-9-17-10-12(11)8-14(13)16(4,5)6/h7-9H,10H2,1-6H3. The van der Waals surface area contributed by atoms with E-state index in [0.717, 1.165) is 6.54 Å². The van der Waals surface area contributed by atoms with Gasteiger partial charge in [0.1, 0.15) is 0 Å². The van der Waals surface area contributed by atoms with Crippen LogP contribution in [-0.2, 0) is 17.4 Å². The van der Waals surface area contributed by atoms with E-state index >= 15 is 0 Å². The van der Waals surface area contributed by atoms with E-state index < -0.39 is 0 Å². The van der Waals surface area contributed by atoms with Crippen LogP contribution < -0.4 is 0 Å². The van der Waals surface area contributed by atoms with Crippen molar-refractivity contribution >= 4 is 6.21 Å². The lowest BCUT2D eigenvalue weighted by Crippen LogP contribution is -2.22. The zero-order valence-electron chi connectivity index (χ0n) is 11.9. The monoisotopic (exact) mass is 229 g/mol. The SMILES string of the molecule is CC(C)(C)c1cc2c(cc1C(C)(C)C)CN=C2. The third-order valence-electron chi connectivity index (χ3n) is 3.39. The maximum Gasteiger partial charge on any atom is 0.0646 e. The molecule has 1 nitrogen and oxygen atoms in total. The lowest BCUT2D eigenvalue weighted by atomic mass is 9.74.